The second kappa shape index (κ2) is 7.32. The largest absolute Gasteiger partial charge is 0.385 e. The topological polar surface area (TPSA) is 36.3 Å². The number of rotatable bonds is 6. The molecule has 0 amide bonds. The highest BCUT2D eigenvalue weighted by Crippen LogP contribution is 2.28. The van der Waals surface area contributed by atoms with Crippen LogP contribution in [-0.2, 0) is 4.74 Å². The van der Waals surface area contributed by atoms with E-state index in [2.05, 4.69) is 6.07 Å². The van der Waals surface area contributed by atoms with E-state index in [0.29, 0.717) is 13.2 Å². The van der Waals surface area contributed by atoms with E-state index in [9.17, 15) is 9.65 Å². The number of ether oxygens (including phenoxy) is 1. The third-order valence-corrected chi connectivity index (χ3v) is 3.03. The van der Waals surface area contributed by atoms with Crippen molar-refractivity contribution in [2.45, 2.75) is 12.5 Å². The summed E-state index contributed by atoms with van der Waals surface area (Å²) in [6.07, 6.45) is 0.775. The molecule has 98 valence electrons. The molecular weight excluding hydrogens is 255 g/mol. The van der Waals surface area contributed by atoms with Crippen LogP contribution >= 0.6 is 11.6 Å². The van der Waals surface area contributed by atoms with Gasteiger partial charge in [0.05, 0.1) is 6.07 Å². The summed E-state index contributed by atoms with van der Waals surface area (Å²) in [5.74, 6) is -0.451. The number of nitriles is 1. The third-order valence-electron chi connectivity index (χ3n) is 2.70. The molecular formula is C13H16ClFN2O. The first-order chi connectivity index (χ1) is 8.61. The second-order valence-electron chi connectivity index (χ2n) is 3.99. The van der Waals surface area contributed by atoms with E-state index >= 15 is 0 Å². The molecule has 0 spiro atoms. The van der Waals surface area contributed by atoms with E-state index in [-0.39, 0.29) is 10.6 Å². The summed E-state index contributed by atoms with van der Waals surface area (Å²) in [6, 6.07) is 5.84. The van der Waals surface area contributed by atoms with Crippen molar-refractivity contribution in [2.75, 3.05) is 27.3 Å². The van der Waals surface area contributed by atoms with Gasteiger partial charge >= 0.3 is 0 Å². The smallest absolute Gasteiger partial charge is 0.130 e. The maximum atomic E-state index is 13.7. The molecule has 0 N–H and O–H groups in total. The van der Waals surface area contributed by atoms with Crippen molar-refractivity contribution in [2.24, 2.45) is 0 Å². The zero-order valence-electron chi connectivity index (χ0n) is 10.5. The number of hydrogen-bond acceptors (Lipinski definition) is 3. The van der Waals surface area contributed by atoms with Gasteiger partial charge in [-0.05, 0) is 25.6 Å². The lowest BCUT2D eigenvalue weighted by Gasteiger charge is -2.23. The lowest BCUT2D eigenvalue weighted by atomic mass is 10.1. The molecule has 1 aromatic carbocycles. The Morgan fingerprint density at radius 1 is 1.56 bits per heavy atom. The molecule has 5 heteroatoms. The predicted molar refractivity (Wildman–Crippen MR) is 68.9 cm³/mol. The van der Waals surface area contributed by atoms with Gasteiger partial charge in [0, 0.05) is 30.8 Å². The second-order valence-corrected chi connectivity index (χ2v) is 4.40. The molecule has 18 heavy (non-hydrogen) atoms. The van der Waals surface area contributed by atoms with Gasteiger partial charge in [0.1, 0.15) is 11.9 Å². The quantitative estimate of drug-likeness (QED) is 0.746. The lowest BCUT2D eigenvalue weighted by Crippen LogP contribution is -2.26. The maximum absolute atomic E-state index is 13.7. The molecule has 0 bridgehead atoms. The van der Waals surface area contributed by atoms with Crippen LogP contribution in [0.15, 0.2) is 18.2 Å². The average molecular weight is 271 g/mol. The minimum Gasteiger partial charge on any atom is -0.385 e. The van der Waals surface area contributed by atoms with Crippen LogP contribution in [0.4, 0.5) is 4.39 Å². The molecule has 0 heterocycles. The highest BCUT2D eigenvalue weighted by Gasteiger charge is 2.22. The highest BCUT2D eigenvalue weighted by atomic mass is 35.5. The Kier molecular flexibility index (Phi) is 6.06. The molecule has 0 saturated heterocycles. The molecule has 0 fully saturated rings. The summed E-state index contributed by atoms with van der Waals surface area (Å²) in [4.78, 5) is 1.77. The Labute approximate surface area is 112 Å². The molecule has 0 aliphatic rings. The molecule has 0 aliphatic heterocycles. The van der Waals surface area contributed by atoms with E-state index in [1.165, 1.54) is 12.1 Å². The van der Waals surface area contributed by atoms with Gasteiger partial charge in [0.25, 0.3) is 0 Å². The molecule has 0 aliphatic carbocycles. The van der Waals surface area contributed by atoms with Crippen molar-refractivity contribution in [3.63, 3.8) is 0 Å². The monoisotopic (exact) mass is 270 g/mol. The molecule has 0 aromatic heterocycles. The SMILES string of the molecule is COCCCN(C)C(C#N)c1c(F)cccc1Cl. The van der Waals surface area contributed by atoms with E-state index in [4.69, 9.17) is 16.3 Å². The van der Waals surface area contributed by atoms with Gasteiger partial charge in [-0.1, -0.05) is 17.7 Å². The number of hydrogen-bond donors (Lipinski definition) is 0. The van der Waals surface area contributed by atoms with Gasteiger partial charge in [0.15, 0.2) is 0 Å². The van der Waals surface area contributed by atoms with Gasteiger partial charge in [0.2, 0.25) is 0 Å². The van der Waals surface area contributed by atoms with Crippen LogP contribution in [0.2, 0.25) is 5.02 Å². The zero-order valence-corrected chi connectivity index (χ0v) is 11.2. The molecule has 1 aromatic rings. The molecule has 1 atom stereocenters. The van der Waals surface area contributed by atoms with Crippen LogP contribution in [-0.4, -0.2) is 32.2 Å². The summed E-state index contributed by atoms with van der Waals surface area (Å²) < 4.78 is 18.7. The average Bonchev–Trinajstić information content (AvgIpc) is 2.34. The van der Waals surface area contributed by atoms with Crippen LogP contribution < -0.4 is 0 Å². The van der Waals surface area contributed by atoms with E-state index in [0.717, 1.165) is 6.42 Å². The number of nitrogens with zero attached hydrogens (tertiary/aromatic N) is 2. The van der Waals surface area contributed by atoms with Crippen molar-refractivity contribution in [1.82, 2.24) is 4.90 Å². The number of halogens is 2. The molecule has 1 unspecified atom stereocenters. The highest BCUT2D eigenvalue weighted by molar-refractivity contribution is 6.31. The van der Waals surface area contributed by atoms with Gasteiger partial charge in [-0.2, -0.15) is 5.26 Å². The van der Waals surface area contributed by atoms with Gasteiger partial charge in [-0.3, -0.25) is 4.90 Å². The van der Waals surface area contributed by atoms with E-state index in [1.54, 1.807) is 25.1 Å². The Morgan fingerprint density at radius 3 is 2.83 bits per heavy atom. The number of benzene rings is 1. The van der Waals surface area contributed by atoms with Crippen molar-refractivity contribution < 1.29 is 9.13 Å². The Hall–Kier alpha value is -1.15. The van der Waals surface area contributed by atoms with E-state index < -0.39 is 11.9 Å². The van der Waals surface area contributed by atoms with Crippen molar-refractivity contribution in [3.8, 4) is 6.07 Å². The summed E-state index contributed by atoms with van der Waals surface area (Å²) >= 11 is 5.97. The van der Waals surface area contributed by atoms with Crippen molar-refractivity contribution in [3.05, 3.63) is 34.6 Å². The first-order valence-electron chi connectivity index (χ1n) is 5.64. The zero-order chi connectivity index (χ0) is 13.5. The number of methoxy groups -OCH3 is 1. The Bertz CT molecular complexity index is 413. The summed E-state index contributed by atoms with van der Waals surface area (Å²) in [6.45, 7) is 1.24. The van der Waals surface area contributed by atoms with Crippen LogP contribution in [0, 0.1) is 17.1 Å². The first-order valence-corrected chi connectivity index (χ1v) is 6.02. The molecule has 1 rings (SSSR count). The van der Waals surface area contributed by atoms with Crippen LogP contribution in [0.5, 0.6) is 0 Å². The molecule has 0 radical (unpaired) electrons. The third kappa shape index (κ3) is 3.67. The van der Waals surface area contributed by atoms with Crippen LogP contribution in [0.3, 0.4) is 0 Å². The predicted octanol–water partition coefficient (Wildman–Crippen LogP) is 3.01. The normalized spacial score (nSPS) is 12.4. The first kappa shape index (κ1) is 14.9. The lowest BCUT2D eigenvalue weighted by molar-refractivity contribution is 0.173. The summed E-state index contributed by atoms with van der Waals surface area (Å²) in [5.41, 5.74) is 0.238. The Balaban J connectivity index is 2.86. The fraction of sp³-hybridized carbons (Fsp3) is 0.462. The molecule has 0 saturated carbocycles. The molecule has 3 nitrogen and oxygen atoms in total. The maximum Gasteiger partial charge on any atom is 0.130 e. The minimum atomic E-state index is -0.685. The standard InChI is InChI=1S/C13H16ClFN2O/c1-17(7-4-8-18-2)12(9-16)13-10(14)5-3-6-11(13)15/h3,5-6,12H,4,7-8H2,1-2H3. The summed E-state index contributed by atoms with van der Waals surface area (Å²) in [5, 5.41) is 9.48. The van der Waals surface area contributed by atoms with Gasteiger partial charge in [-0.25, -0.2) is 4.39 Å². The van der Waals surface area contributed by atoms with Crippen molar-refractivity contribution >= 4 is 11.6 Å². The van der Waals surface area contributed by atoms with E-state index in [1.807, 2.05) is 0 Å². The summed E-state index contributed by atoms with van der Waals surface area (Å²) in [7, 11) is 3.39. The van der Waals surface area contributed by atoms with Crippen LogP contribution in [0.25, 0.3) is 0 Å². The van der Waals surface area contributed by atoms with Gasteiger partial charge in [-0.15, -0.1) is 0 Å². The van der Waals surface area contributed by atoms with Crippen molar-refractivity contribution in [1.29, 1.82) is 5.26 Å². The fourth-order valence-electron chi connectivity index (χ4n) is 1.74. The minimum absolute atomic E-state index is 0.238. The fourth-order valence-corrected chi connectivity index (χ4v) is 2.01. The van der Waals surface area contributed by atoms with Crippen LogP contribution in [0.1, 0.15) is 18.0 Å². The van der Waals surface area contributed by atoms with Gasteiger partial charge < -0.3 is 4.74 Å². The Morgan fingerprint density at radius 2 is 2.28 bits per heavy atom.